The molecule has 1 saturated carbocycles. The number of carbonyl (C=O) groups is 1. The number of hydrogen-bond acceptors (Lipinski definition) is 5. The largest absolute Gasteiger partial charge is 0.352 e. The van der Waals surface area contributed by atoms with Gasteiger partial charge in [0.2, 0.25) is 5.91 Å². The van der Waals surface area contributed by atoms with Gasteiger partial charge < -0.3 is 5.32 Å². The minimum atomic E-state index is -0.272. The molecular formula is C16H21N3O2S2. The third kappa shape index (κ3) is 3.61. The third-order valence-corrected chi connectivity index (χ3v) is 6.28. The van der Waals surface area contributed by atoms with Crippen LogP contribution in [-0.4, -0.2) is 26.8 Å². The molecule has 0 radical (unpaired) electrons. The van der Waals surface area contributed by atoms with Crippen LogP contribution < -0.4 is 10.9 Å². The van der Waals surface area contributed by atoms with E-state index in [1.807, 2.05) is 18.4 Å². The van der Waals surface area contributed by atoms with Gasteiger partial charge in [-0.2, -0.15) is 0 Å². The first-order valence-electron chi connectivity index (χ1n) is 7.97. The van der Waals surface area contributed by atoms with Crippen LogP contribution in [0.2, 0.25) is 0 Å². The van der Waals surface area contributed by atoms with Crippen LogP contribution in [-0.2, 0) is 11.8 Å². The van der Waals surface area contributed by atoms with Crippen LogP contribution in [0.25, 0.3) is 10.2 Å². The maximum Gasteiger partial charge on any atom is 0.271 e. The molecule has 2 aromatic rings. The second kappa shape index (κ2) is 7.05. The zero-order chi connectivity index (χ0) is 16.4. The predicted octanol–water partition coefficient (Wildman–Crippen LogP) is 2.92. The van der Waals surface area contributed by atoms with Crippen LogP contribution in [0, 0.1) is 0 Å². The second-order valence-electron chi connectivity index (χ2n) is 6.00. The van der Waals surface area contributed by atoms with E-state index in [-0.39, 0.29) is 16.7 Å². The number of amides is 1. The molecular weight excluding hydrogens is 330 g/mol. The molecule has 1 amide bonds. The Labute approximate surface area is 143 Å². The van der Waals surface area contributed by atoms with E-state index in [9.17, 15) is 9.59 Å². The fourth-order valence-corrected chi connectivity index (χ4v) is 4.54. The van der Waals surface area contributed by atoms with Crippen LogP contribution in [0.15, 0.2) is 21.4 Å². The summed E-state index contributed by atoms with van der Waals surface area (Å²) in [4.78, 5) is 29.2. The summed E-state index contributed by atoms with van der Waals surface area (Å²) >= 11 is 2.74. The average Bonchev–Trinajstić information content (AvgIpc) is 3.01. The number of carbonyl (C=O) groups excluding carboxylic acids is 1. The molecule has 0 aromatic carbocycles. The lowest BCUT2D eigenvalue weighted by atomic mass is 9.95. The standard InChI is InChI=1S/C16H21N3O2S2/c1-10(14(20)17-11-6-4-3-5-7-11)23-16-18-12-8-9-22-13(12)15(21)19(16)2/h8-11H,3-7H2,1-2H3,(H,17,20). The van der Waals surface area contributed by atoms with Crippen LogP contribution >= 0.6 is 23.1 Å². The minimum Gasteiger partial charge on any atom is -0.352 e. The summed E-state index contributed by atoms with van der Waals surface area (Å²) < 4.78 is 2.20. The Morgan fingerprint density at radius 2 is 2.17 bits per heavy atom. The molecule has 1 aliphatic carbocycles. The van der Waals surface area contributed by atoms with Crippen LogP contribution in [0.4, 0.5) is 0 Å². The van der Waals surface area contributed by atoms with E-state index in [1.165, 1.54) is 46.9 Å². The average molecular weight is 351 g/mol. The molecule has 3 rings (SSSR count). The summed E-state index contributed by atoms with van der Waals surface area (Å²) in [7, 11) is 1.71. The van der Waals surface area contributed by atoms with Crippen molar-refractivity contribution in [1.82, 2.24) is 14.9 Å². The Hall–Kier alpha value is -1.34. The summed E-state index contributed by atoms with van der Waals surface area (Å²) in [5.74, 6) is 0.0292. The highest BCUT2D eigenvalue weighted by Crippen LogP contribution is 2.24. The topological polar surface area (TPSA) is 64.0 Å². The molecule has 0 spiro atoms. The lowest BCUT2D eigenvalue weighted by molar-refractivity contribution is -0.121. The Balaban J connectivity index is 1.71. The van der Waals surface area contributed by atoms with E-state index in [4.69, 9.17) is 0 Å². The molecule has 2 heterocycles. The van der Waals surface area contributed by atoms with Crippen molar-refractivity contribution in [3.63, 3.8) is 0 Å². The summed E-state index contributed by atoms with van der Waals surface area (Å²) in [5.41, 5.74) is 0.660. The van der Waals surface area contributed by atoms with Gasteiger partial charge in [0, 0.05) is 13.1 Å². The van der Waals surface area contributed by atoms with E-state index in [0.717, 1.165) is 12.8 Å². The van der Waals surface area contributed by atoms with E-state index >= 15 is 0 Å². The fourth-order valence-electron chi connectivity index (χ4n) is 2.85. The number of aromatic nitrogens is 2. The van der Waals surface area contributed by atoms with Gasteiger partial charge in [0.05, 0.1) is 10.8 Å². The highest BCUT2D eigenvalue weighted by Gasteiger charge is 2.22. The molecule has 23 heavy (non-hydrogen) atoms. The van der Waals surface area contributed by atoms with Crippen LogP contribution in [0.3, 0.4) is 0 Å². The fraction of sp³-hybridized carbons (Fsp3) is 0.562. The highest BCUT2D eigenvalue weighted by molar-refractivity contribution is 8.00. The monoisotopic (exact) mass is 351 g/mol. The van der Waals surface area contributed by atoms with Crippen molar-refractivity contribution >= 4 is 39.2 Å². The Bertz CT molecular complexity index is 762. The van der Waals surface area contributed by atoms with Crippen LogP contribution in [0.1, 0.15) is 39.0 Å². The maximum absolute atomic E-state index is 12.4. The number of fused-ring (bicyclic) bond motifs is 1. The molecule has 1 N–H and O–H groups in total. The predicted molar refractivity (Wildman–Crippen MR) is 95.2 cm³/mol. The van der Waals surface area contributed by atoms with Gasteiger partial charge >= 0.3 is 0 Å². The number of nitrogens with one attached hydrogen (secondary N) is 1. The number of thioether (sulfide) groups is 1. The minimum absolute atomic E-state index is 0.0292. The molecule has 2 aromatic heterocycles. The van der Waals surface area contributed by atoms with Crippen molar-refractivity contribution < 1.29 is 4.79 Å². The SMILES string of the molecule is CC(Sc1nc2ccsc2c(=O)n1C)C(=O)NC1CCCCC1. The van der Waals surface area contributed by atoms with Crippen molar-refractivity contribution in [3.8, 4) is 0 Å². The Kier molecular flexibility index (Phi) is 5.06. The number of nitrogens with zero attached hydrogens (tertiary/aromatic N) is 2. The van der Waals surface area contributed by atoms with Crippen molar-refractivity contribution in [2.75, 3.05) is 0 Å². The van der Waals surface area contributed by atoms with Crippen LogP contribution in [0.5, 0.6) is 0 Å². The van der Waals surface area contributed by atoms with Gasteiger partial charge in [-0.3, -0.25) is 14.2 Å². The quantitative estimate of drug-likeness (QED) is 0.679. The zero-order valence-electron chi connectivity index (χ0n) is 13.4. The normalized spacial score (nSPS) is 17.3. The molecule has 7 heteroatoms. The molecule has 1 aliphatic rings. The smallest absolute Gasteiger partial charge is 0.271 e. The molecule has 1 unspecified atom stereocenters. The lowest BCUT2D eigenvalue weighted by Crippen LogP contribution is -2.40. The molecule has 0 bridgehead atoms. The first kappa shape index (κ1) is 16.5. The van der Waals surface area contributed by atoms with Crippen molar-refractivity contribution in [2.24, 2.45) is 7.05 Å². The van der Waals surface area contributed by atoms with Crippen molar-refractivity contribution in [2.45, 2.75) is 55.5 Å². The Morgan fingerprint density at radius 3 is 2.91 bits per heavy atom. The zero-order valence-corrected chi connectivity index (χ0v) is 15.0. The maximum atomic E-state index is 12.4. The summed E-state index contributed by atoms with van der Waals surface area (Å²) in [6, 6.07) is 2.15. The number of hydrogen-bond donors (Lipinski definition) is 1. The molecule has 5 nitrogen and oxygen atoms in total. The second-order valence-corrected chi connectivity index (χ2v) is 8.22. The first-order chi connectivity index (χ1) is 11.1. The van der Waals surface area contributed by atoms with E-state index in [2.05, 4.69) is 10.3 Å². The van der Waals surface area contributed by atoms with Gasteiger partial charge in [-0.15, -0.1) is 11.3 Å². The van der Waals surface area contributed by atoms with Gasteiger partial charge in [-0.1, -0.05) is 31.0 Å². The van der Waals surface area contributed by atoms with Crippen molar-refractivity contribution in [3.05, 3.63) is 21.8 Å². The van der Waals surface area contributed by atoms with Crippen molar-refractivity contribution in [1.29, 1.82) is 0 Å². The summed E-state index contributed by atoms with van der Waals surface area (Å²) in [6.07, 6.45) is 5.79. The first-order valence-corrected chi connectivity index (χ1v) is 9.73. The van der Waals surface area contributed by atoms with E-state index in [0.29, 0.717) is 21.4 Å². The number of thiophene rings is 1. The van der Waals surface area contributed by atoms with Gasteiger partial charge in [-0.25, -0.2) is 4.98 Å². The summed E-state index contributed by atoms with van der Waals surface area (Å²) in [5, 5.41) is 5.32. The van der Waals surface area contributed by atoms with Gasteiger partial charge in [0.15, 0.2) is 5.16 Å². The molecule has 1 fully saturated rings. The Morgan fingerprint density at radius 1 is 1.43 bits per heavy atom. The molecule has 0 saturated heterocycles. The van der Waals surface area contributed by atoms with E-state index in [1.54, 1.807) is 7.05 Å². The molecule has 124 valence electrons. The molecule has 1 atom stereocenters. The highest BCUT2D eigenvalue weighted by atomic mass is 32.2. The lowest BCUT2D eigenvalue weighted by Gasteiger charge is -2.24. The third-order valence-electron chi connectivity index (χ3n) is 4.25. The summed E-state index contributed by atoms with van der Waals surface area (Å²) in [6.45, 7) is 1.87. The van der Waals surface area contributed by atoms with Gasteiger partial charge in [0.25, 0.3) is 5.56 Å². The van der Waals surface area contributed by atoms with Gasteiger partial charge in [-0.05, 0) is 31.2 Å². The molecule has 0 aliphatic heterocycles. The van der Waals surface area contributed by atoms with E-state index < -0.39 is 0 Å². The number of rotatable bonds is 4. The van der Waals surface area contributed by atoms with Gasteiger partial charge in [0.1, 0.15) is 4.70 Å².